The number of aliphatic hydroxyl groups is 2. The third kappa shape index (κ3) is 6.02. The monoisotopic (exact) mass is 330 g/mol. The minimum absolute atomic E-state index is 0.0438. The molecule has 0 aliphatic carbocycles. The number of aliphatic hydroxyl groups excluding tert-OH is 2. The maximum absolute atomic E-state index is 12.3. The van der Waals surface area contributed by atoms with Crippen LogP contribution in [-0.4, -0.2) is 42.4 Å². The summed E-state index contributed by atoms with van der Waals surface area (Å²) in [5, 5.41) is 17.6. The molecular weight excluding hydrogens is 308 g/mol. The second kappa shape index (κ2) is 9.70. The summed E-state index contributed by atoms with van der Waals surface area (Å²) in [6.45, 7) is 0.381. The second-order valence-electron chi connectivity index (χ2n) is 5.33. The standard InChI is InChI=1S/C19H22O5/c20-7-9-23-18-5-1-3-15(13-18)11-17(22)12-16-4-2-6-19(14-16)24-10-8-21/h1-6,13-14,20-21H,7-12H2. The first kappa shape index (κ1) is 18.0. The molecule has 0 aliphatic heterocycles. The summed E-state index contributed by atoms with van der Waals surface area (Å²) in [5.41, 5.74) is 1.76. The van der Waals surface area contributed by atoms with Gasteiger partial charge in [-0.25, -0.2) is 0 Å². The van der Waals surface area contributed by atoms with Crippen LogP contribution in [0.4, 0.5) is 0 Å². The van der Waals surface area contributed by atoms with E-state index in [1.807, 2.05) is 36.4 Å². The smallest absolute Gasteiger partial charge is 0.141 e. The molecular formula is C19H22O5. The lowest BCUT2D eigenvalue weighted by atomic mass is 10.0. The van der Waals surface area contributed by atoms with Crippen LogP contribution in [0.5, 0.6) is 11.5 Å². The maximum Gasteiger partial charge on any atom is 0.141 e. The van der Waals surface area contributed by atoms with Crippen LogP contribution in [0, 0.1) is 0 Å². The van der Waals surface area contributed by atoms with Crippen LogP contribution < -0.4 is 9.47 Å². The van der Waals surface area contributed by atoms with Gasteiger partial charge in [0.25, 0.3) is 0 Å². The van der Waals surface area contributed by atoms with E-state index in [0.29, 0.717) is 24.3 Å². The molecule has 0 spiro atoms. The first-order chi connectivity index (χ1) is 11.7. The third-order valence-electron chi connectivity index (χ3n) is 3.32. The highest BCUT2D eigenvalue weighted by Gasteiger charge is 2.07. The number of hydrogen-bond acceptors (Lipinski definition) is 5. The topological polar surface area (TPSA) is 76.0 Å². The Bertz CT molecular complexity index is 598. The number of ketones is 1. The zero-order valence-electron chi connectivity index (χ0n) is 13.5. The van der Waals surface area contributed by atoms with Crippen LogP contribution >= 0.6 is 0 Å². The molecule has 2 aromatic carbocycles. The van der Waals surface area contributed by atoms with Crippen molar-refractivity contribution in [2.24, 2.45) is 0 Å². The van der Waals surface area contributed by atoms with Crippen molar-refractivity contribution >= 4 is 5.78 Å². The maximum atomic E-state index is 12.3. The molecule has 2 rings (SSSR count). The Morgan fingerprint density at radius 2 is 1.25 bits per heavy atom. The van der Waals surface area contributed by atoms with Gasteiger partial charge < -0.3 is 19.7 Å². The number of carbonyl (C=O) groups is 1. The highest BCUT2D eigenvalue weighted by molar-refractivity contribution is 5.83. The van der Waals surface area contributed by atoms with Crippen molar-refractivity contribution in [2.45, 2.75) is 12.8 Å². The van der Waals surface area contributed by atoms with Gasteiger partial charge >= 0.3 is 0 Å². The number of rotatable bonds is 10. The van der Waals surface area contributed by atoms with E-state index in [4.69, 9.17) is 19.7 Å². The van der Waals surface area contributed by atoms with Crippen molar-refractivity contribution in [2.75, 3.05) is 26.4 Å². The van der Waals surface area contributed by atoms with E-state index in [1.54, 1.807) is 12.1 Å². The van der Waals surface area contributed by atoms with Gasteiger partial charge in [0.2, 0.25) is 0 Å². The molecule has 0 bridgehead atoms. The second-order valence-corrected chi connectivity index (χ2v) is 5.33. The average molecular weight is 330 g/mol. The summed E-state index contributed by atoms with van der Waals surface area (Å²) in [6.07, 6.45) is 0.635. The van der Waals surface area contributed by atoms with Crippen LogP contribution in [0.15, 0.2) is 48.5 Å². The Morgan fingerprint density at radius 3 is 1.67 bits per heavy atom. The van der Waals surface area contributed by atoms with Gasteiger partial charge in [0.15, 0.2) is 0 Å². The van der Waals surface area contributed by atoms with Gasteiger partial charge in [-0.2, -0.15) is 0 Å². The molecule has 0 aromatic heterocycles. The van der Waals surface area contributed by atoms with E-state index in [2.05, 4.69) is 0 Å². The molecule has 0 atom stereocenters. The van der Waals surface area contributed by atoms with Crippen molar-refractivity contribution in [3.05, 3.63) is 59.7 Å². The Balaban J connectivity index is 1.93. The average Bonchev–Trinajstić information content (AvgIpc) is 2.58. The fourth-order valence-electron chi connectivity index (χ4n) is 2.34. The minimum Gasteiger partial charge on any atom is -0.491 e. The Labute approximate surface area is 141 Å². The lowest BCUT2D eigenvalue weighted by Gasteiger charge is -2.08. The summed E-state index contributed by atoms with van der Waals surface area (Å²) >= 11 is 0. The highest BCUT2D eigenvalue weighted by Crippen LogP contribution is 2.17. The number of carbonyl (C=O) groups excluding carboxylic acids is 1. The normalized spacial score (nSPS) is 10.4. The van der Waals surface area contributed by atoms with Crippen LogP contribution in [0.2, 0.25) is 0 Å². The molecule has 5 heteroatoms. The predicted octanol–water partition coefficient (Wildman–Crippen LogP) is 1.78. The summed E-state index contributed by atoms with van der Waals surface area (Å²) in [4.78, 5) is 12.3. The molecule has 2 N–H and O–H groups in total. The molecule has 0 amide bonds. The largest absolute Gasteiger partial charge is 0.491 e. The zero-order valence-corrected chi connectivity index (χ0v) is 13.5. The quantitative estimate of drug-likeness (QED) is 0.694. The lowest BCUT2D eigenvalue weighted by Crippen LogP contribution is -2.08. The molecule has 5 nitrogen and oxygen atoms in total. The molecule has 0 aliphatic rings. The Hall–Kier alpha value is -2.37. The van der Waals surface area contributed by atoms with Gasteiger partial charge in [-0.3, -0.25) is 4.79 Å². The van der Waals surface area contributed by atoms with E-state index >= 15 is 0 Å². The molecule has 0 fully saturated rings. The zero-order chi connectivity index (χ0) is 17.2. The number of Topliss-reactive ketones (excluding diaryl/α,β-unsaturated/α-hetero) is 1. The molecule has 2 aromatic rings. The van der Waals surface area contributed by atoms with Crippen LogP contribution in [0.1, 0.15) is 11.1 Å². The number of ether oxygens (including phenoxy) is 2. The van der Waals surface area contributed by atoms with Crippen LogP contribution in [0.3, 0.4) is 0 Å². The van der Waals surface area contributed by atoms with E-state index in [-0.39, 0.29) is 32.2 Å². The van der Waals surface area contributed by atoms with Crippen LogP contribution in [0.25, 0.3) is 0 Å². The SMILES string of the molecule is O=C(Cc1cccc(OCCO)c1)Cc1cccc(OCCO)c1. The first-order valence-corrected chi connectivity index (χ1v) is 7.88. The van der Waals surface area contributed by atoms with E-state index in [1.165, 1.54) is 0 Å². The summed E-state index contributed by atoms with van der Waals surface area (Å²) in [6, 6.07) is 14.6. The number of hydrogen-bond donors (Lipinski definition) is 2. The molecule has 0 saturated carbocycles. The van der Waals surface area contributed by atoms with Gasteiger partial charge in [0.05, 0.1) is 13.2 Å². The molecule has 0 radical (unpaired) electrons. The fourth-order valence-corrected chi connectivity index (χ4v) is 2.34. The Morgan fingerprint density at radius 1 is 0.792 bits per heavy atom. The van der Waals surface area contributed by atoms with Crippen molar-refractivity contribution in [3.63, 3.8) is 0 Å². The van der Waals surface area contributed by atoms with Gasteiger partial charge in [-0.05, 0) is 35.4 Å². The van der Waals surface area contributed by atoms with Crippen molar-refractivity contribution in [1.82, 2.24) is 0 Å². The minimum atomic E-state index is -0.0438. The molecule has 0 unspecified atom stereocenters. The molecule has 24 heavy (non-hydrogen) atoms. The van der Waals surface area contributed by atoms with Gasteiger partial charge in [-0.15, -0.1) is 0 Å². The lowest BCUT2D eigenvalue weighted by molar-refractivity contribution is -0.117. The fraction of sp³-hybridized carbons (Fsp3) is 0.316. The summed E-state index contributed by atoms with van der Waals surface area (Å²) in [7, 11) is 0. The van der Waals surface area contributed by atoms with Crippen LogP contribution in [-0.2, 0) is 17.6 Å². The van der Waals surface area contributed by atoms with E-state index in [0.717, 1.165) is 11.1 Å². The third-order valence-corrected chi connectivity index (χ3v) is 3.32. The van der Waals surface area contributed by atoms with Crippen molar-refractivity contribution in [1.29, 1.82) is 0 Å². The molecule has 128 valence electrons. The summed E-state index contributed by atoms with van der Waals surface area (Å²) < 4.78 is 10.7. The first-order valence-electron chi connectivity index (χ1n) is 7.88. The van der Waals surface area contributed by atoms with Gasteiger partial charge in [0.1, 0.15) is 30.5 Å². The van der Waals surface area contributed by atoms with E-state index in [9.17, 15) is 4.79 Å². The Kier molecular flexibility index (Phi) is 7.26. The predicted molar refractivity (Wildman–Crippen MR) is 90.5 cm³/mol. The molecule has 0 heterocycles. The van der Waals surface area contributed by atoms with E-state index < -0.39 is 0 Å². The summed E-state index contributed by atoms with van der Waals surface area (Å²) in [5.74, 6) is 1.39. The number of benzene rings is 2. The van der Waals surface area contributed by atoms with Gasteiger partial charge in [-0.1, -0.05) is 24.3 Å². The molecule has 0 saturated heterocycles. The van der Waals surface area contributed by atoms with Crippen molar-refractivity contribution in [3.8, 4) is 11.5 Å². The highest BCUT2D eigenvalue weighted by atomic mass is 16.5. The van der Waals surface area contributed by atoms with Crippen molar-refractivity contribution < 1.29 is 24.5 Å². The van der Waals surface area contributed by atoms with Gasteiger partial charge in [0, 0.05) is 12.8 Å².